The maximum Gasteiger partial charge on any atom is 0.157 e. The normalized spacial score (nSPS) is 22.7. The summed E-state index contributed by atoms with van der Waals surface area (Å²) in [6.45, 7) is 12.3. The van der Waals surface area contributed by atoms with Crippen LogP contribution in [0.25, 0.3) is 0 Å². The average molecular weight is 242 g/mol. The van der Waals surface area contributed by atoms with Gasteiger partial charge in [0.25, 0.3) is 0 Å². The molecule has 0 aromatic heterocycles. The molecule has 0 fully saturated rings. The lowest BCUT2D eigenvalue weighted by Crippen LogP contribution is -2.34. The second-order valence-corrected chi connectivity index (χ2v) is 6.28. The summed E-state index contributed by atoms with van der Waals surface area (Å²) >= 11 is 1.95. The smallest absolute Gasteiger partial charge is 0.157 e. The van der Waals surface area contributed by atoms with Gasteiger partial charge in [-0.3, -0.25) is 4.99 Å². The first-order valence-electron chi connectivity index (χ1n) is 6.56. The number of amidine groups is 1. The Morgan fingerprint density at radius 3 is 2.44 bits per heavy atom. The van der Waals surface area contributed by atoms with Gasteiger partial charge in [0.05, 0.1) is 6.54 Å². The van der Waals surface area contributed by atoms with Gasteiger partial charge in [-0.25, -0.2) is 0 Å². The van der Waals surface area contributed by atoms with Crippen LogP contribution >= 0.6 is 11.8 Å². The fourth-order valence-corrected chi connectivity index (χ4v) is 3.31. The molecule has 1 aliphatic rings. The second kappa shape index (κ2) is 6.53. The van der Waals surface area contributed by atoms with Gasteiger partial charge in [-0.1, -0.05) is 52.3 Å². The molecule has 1 heterocycles. The molecule has 1 rings (SSSR count). The van der Waals surface area contributed by atoms with E-state index in [1.54, 1.807) is 0 Å². The van der Waals surface area contributed by atoms with Crippen molar-refractivity contribution in [3.8, 4) is 0 Å². The van der Waals surface area contributed by atoms with E-state index < -0.39 is 0 Å². The Hall–Kier alpha value is -0.180. The molecule has 94 valence electrons. The van der Waals surface area contributed by atoms with Gasteiger partial charge in [0.15, 0.2) is 5.17 Å². The molecule has 0 saturated carbocycles. The average Bonchev–Trinajstić information content (AvgIpc) is 2.68. The molecule has 0 saturated heterocycles. The summed E-state index contributed by atoms with van der Waals surface area (Å²) in [6, 6.07) is 0.520. The molecule has 0 radical (unpaired) electrons. The Balaban J connectivity index is 2.39. The van der Waals surface area contributed by atoms with Crippen molar-refractivity contribution in [2.75, 3.05) is 6.54 Å². The van der Waals surface area contributed by atoms with Crippen LogP contribution in [-0.2, 0) is 0 Å². The molecule has 2 unspecified atom stereocenters. The van der Waals surface area contributed by atoms with Gasteiger partial charge in [-0.15, -0.1) is 0 Å². The lowest BCUT2D eigenvalue weighted by Gasteiger charge is -2.21. The molecule has 0 spiro atoms. The number of thioether (sulfide) groups is 1. The third kappa shape index (κ3) is 3.69. The van der Waals surface area contributed by atoms with E-state index in [1.165, 1.54) is 12.8 Å². The molecule has 0 aliphatic carbocycles. The van der Waals surface area contributed by atoms with Crippen LogP contribution in [0.3, 0.4) is 0 Å². The molecule has 1 N–H and O–H groups in total. The van der Waals surface area contributed by atoms with E-state index in [2.05, 4.69) is 44.9 Å². The monoisotopic (exact) mass is 242 g/mol. The van der Waals surface area contributed by atoms with E-state index in [0.29, 0.717) is 17.2 Å². The Bertz CT molecular complexity index is 234. The highest BCUT2D eigenvalue weighted by Gasteiger charge is 2.26. The minimum absolute atomic E-state index is 0.520. The quantitative estimate of drug-likeness (QED) is 0.797. The van der Waals surface area contributed by atoms with Crippen molar-refractivity contribution in [3.63, 3.8) is 0 Å². The van der Waals surface area contributed by atoms with Crippen LogP contribution in [-0.4, -0.2) is 23.0 Å². The largest absolute Gasteiger partial charge is 0.362 e. The predicted octanol–water partition coefficient (Wildman–Crippen LogP) is 3.53. The lowest BCUT2D eigenvalue weighted by molar-refractivity contribution is 0.479. The SMILES string of the molecule is CCC(CC)C1CN=C(NC(C)C(C)C)S1. The van der Waals surface area contributed by atoms with E-state index in [9.17, 15) is 0 Å². The van der Waals surface area contributed by atoms with Crippen LogP contribution in [0.4, 0.5) is 0 Å². The van der Waals surface area contributed by atoms with Crippen molar-refractivity contribution in [1.82, 2.24) is 5.32 Å². The number of hydrogen-bond acceptors (Lipinski definition) is 3. The fraction of sp³-hybridized carbons (Fsp3) is 0.923. The summed E-state index contributed by atoms with van der Waals surface area (Å²) in [5.74, 6) is 1.48. The number of hydrogen-bond donors (Lipinski definition) is 1. The third-order valence-corrected chi connectivity index (χ3v) is 4.91. The van der Waals surface area contributed by atoms with Gasteiger partial charge in [0, 0.05) is 11.3 Å². The summed E-state index contributed by atoms with van der Waals surface area (Å²) in [4.78, 5) is 4.62. The Kier molecular flexibility index (Phi) is 5.67. The first-order valence-corrected chi connectivity index (χ1v) is 7.44. The second-order valence-electron chi connectivity index (χ2n) is 5.06. The van der Waals surface area contributed by atoms with Crippen LogP contribution < -0.4 is 5.32 Å². The number of nitrogens with zero attached hydrogens (tertiary/aromatic N) is 1. The van der Waals surface area contributed by atoms with Crippen molar-refractivity contribution in [1.29, 1.82) is 0 Å². The fourth-order valence-electron chi connectivity index (χ4n) is 1.89. The minimum atomic E-state index is 0.520. The van der Waals surface area contributed by atoms with Gasteiger partial charge in [0.1, 0.15) is 0 Å². The van der Waals surface area contributed by atoms with Crippen molar-refractivity contribution < 1.29 is 0 Å². The highest BCUT2D eigenvalue weighted by Crippen LogP contribution is 2.30. The molecule has 0 bridgehead atoms. The number of rotatable bonds is 5. The van der Waals surface area contributed by atoms with E-state index in [-0.39, 0.29) is 0 Å². The summed E-state index contributed by atoms with van der Waals surface area (Å²) in [5.41, 5.74) is 0. The molecular weight excluding hydrogens is 216 g/mol. The predicted molar refractivity (Wildman–Crippen MR) is 75.2 cm³/mol. The van der Waals surface area contributed by atoms with Gasteiger partial charge in [-0.05, 0) is 18.8 Å². The summed E-state index contributed by atoms with van der Waals surface area (Å²) in [7, 11) is 0. The first kappa shape index (κ1) is 13.9. The zero-order chi connectivity index (χ0) is 12.1. The van der Waals surface area contributed by atoms with Crippen LogP contribution in [0.1, 0.15) is 47.5 Å². The zero-order valence-corrected chi connectivity index (χ0v) is 12.1. The Morgan fingerprint density at radius 2 is 1.94 bits per heavy atom. The molecular formula is C13H26N2S. The summed E-state index contributed by atoms with van der Waals surface area (Å²) in [5, 5.41) is 5.39. The van der Waals surface area contributed by atoms with Gasteiger partial charge in [0.2, 0.25) is 0 Å². The summed E-state index contributed by atoms with van der Waals surface area (Å²) < 4.78 is 0. The topological polar surface area (TPSA) is 24.4 Å². The highest BCUT2D eigenvalue weighted by atomic mass is 32.2. The third-order valence-electron chi connectivity index (χ3n) is 3.60. The maximum absolute atomic E-state index is 4.62. The molecule has 16 heavy (non-hydrogen) atoms. The molecule has 2 atom stereocenters. The first-order chi connectivity index (χ1) is 7.58. The van der Waals surface area contributed by atoms with Crippen LogP contribution in [0.2, 0.25) is 0 Å². The Labute approximate surface area is 105 Å². The molecule has 0 aromatic carbocycles. The minimum Gasteiger partial charge on any atom is -0.362 e. The van der Waals surface area contributed by atoms with Gasteiger partial charge < -0.3 is 5.32 Å². The van der Waals surface area contributed by atoms with E-state index in [0.717, 1.165) is 17.6 Å². The van der Waals surface area contributed by atoms with Gasteiger partial charge >= 0.3 is 0 Å². The number of nitrogens with one attached hydrogen (secondary N) is 1. The van der Waals surface area contributed by atoms with Crippen molar-refractivity contribution in [2.45, 2.75) is 58.8 Å². The molecule has 2 nitrogen and oxygen atoms in total. The molecule has 0 amide bonds. The molecule has 0 aromatic rings. The van der Waals surface area contributed by atoms with Crippen molar-refractivity contribution in [3.05, 3.63) is 0 Å². The maximum atomic E-state index is 4.62. The molecule has 1 aliphatic heterocycles. The highest BCUT2D eigenvalue weighted by molar-refractivity contribution is 8.14. The Morgan fingerprint density at radius 1 is 1.31 bits per heavy atom. The van der Waals surface area contributed by atoms with Crippen LogP contribution in [0.15, 0.2) is 4.99 Å². The van der Waals surface area contributed by atoms with Crippen molar-refractivity contribution >= 4 is 16.9 Å². The molecule has 3 heteroatoms. The van der Waals surface area contributed by atoms with Crippen LogP contribution in [0, 0.1) is 11.8 Å². The zero-order valence-electron chi connectivity index (χ0n) is 11.3. The van der Waals surface area contributed by atoms with E-state index in [1.807, 2.05) is 11.8 Å². The standard InChI is InChI=1S/C13H26N2S/c1-6-11(7-2)12-8-14-13(16-12)15-10(5)9(3)4/h9-12H,6-8H2,1-5H3,(H,14,15). The van der Waals surface area contributed by atoms with Crippen molar-refractivity contribution in [2.24, 2.45) is 16.8 Å². The lowest BCUT2D eigenvalue weighted by atomic mass is 9.99. The van der Waals surface area contributed by atoms with E-state index in [4.69, 9.17) is 0 Å². The van der Waals surface area contributed by atoms with Crippen LogP contribution in [0.5, 0.6) is 0 Å². The van der Waals surface area contributed by atoms with Gasteiger partial charge in [-0.2, -0.15) is 0 Å². The van der Waals surface area contributed by atoms with E-state index >= 15 is 0 Å². The number of aliphatic imine (C=N–C) groups is 1. The summed E-state index contributed by atoms with van der Waals surface area (Å²) in [6.07, 6.45) is 2.55.